The molecule has 0 saturated heterocycles. The molecule has 1 N–H and O–H groups in total. The molecule has 18 heavy (non-hydrogen) atoms. The van der Waals surface area contributed by atoms with Crippen LogP contribution in [0.1, 0.15) is 12.1 Å². The number of aromatic nitrogens is 4. The first-order valence-electron chi connectivity index (χ1n) is 5.53. The molecular formula is C11H13FIN5. The van der Waals surface area contributed by atoms with Crippen molar-refractivity contribution in [1.82, 2.24) is 19.7 Å². The van der Waals surface area contributed by atoms with E-state index in [4.69, 9.17) is 0 Å². The van der Waals surface area contributed by atoms with Crippen LogP contribution in [0.4, 0.5) is 16.0 Å². The van der Waals surface area contributed by atoms with Crippen LogP contribution in [0.3, 0.4) is 0 Å². The highest BCUT2D eigenvalue weighted by atomic mass is 127. The van der Waals surface area contributed by atoms with Gasteiger partial charge in [-0.15, -0.1) is 0 Å². The van der Waals surface area contributed by atoms with Gasteiger partial charge in [-0.1, -0.05) is 0 Å². The summed E-state index contributed by atoms with van der Waals surface area (Å²) in [5, 5.41) is 7.29. The van der Waals surface area contributed by atoms with Gasteiger partial charge < -0.3 is 5.32 Å². The minimum Gasteiger partial charge on any atom is -0.321 e. The summed E-state index contributed by atoms with van der Waals surface area (Å²) >= 11 is 2.15. The first-order chi connectivity index (χ1) is 8.70. The summed E-state index contributed by atoms with van der Waals surface area (Å²) in [6.07, 6.45) is 5.65. The van der Waals surface area contributed by atoms with Gasteiger partial charge in [0.2, 0.25) is 5.95 Å². The number of hydrogen-bond donors (Lipinski definition) is 1. The molecule has 0 amide bonds. The molecule has 0 fully saturated rings. The maximum absolute atomic E-state index is 12.1. The van der Waals surface area contributed by atoms with Gasteiger partial charge in [-0.2, -0.15) is 5.10 Å². The van der Waals surface area contributed by atoms with E-state index in [0.29, 0.717) is 18.9 Å². The second-order valence-electron chi connectivity index (χ2n) is 3.76. The lowest BCUT2D eigenvalue weighted by Crippen LogP contribution is -2.04. The Balaban J connectivity index is 2.09. The zero-order valence-corrected chi connectivity index (χ0v) is 12.1. The molecule has 0 atom stereocenters. The molecule has 0 saturated carbocycles. The Hall–Kier alpha value is -1.25. The van der Waals surface area contributed by atoms with E-state index < -0.39 is 0 Å². The van der Waals surface area contributed by atoms with Gasteiger partial charge in [-0.05, 0) is 35.9 Å². The SMILES string of the molecule is Cc1c(Nc2ncc(I)cn2)cnn1CCCF. The van der Waals surface area contributed by atoms with Crippen molar-refractivity contribution in [2.24, 2.45) is 0 Å². The molecule has 5 nitrogen and oxygen atoms in total. The first kappa shape index (κ1) is 13.2. The van der Waals surface area contributed by atoms with Crippen LogP contribution in [-0.4, -0.2) is 26.4 Å². The largest absolute Gasteiger partial charge is 0.321 e. The molecule has 96 valence electrons. The lowest BCUT2D eigenvalue weighted by molar-refractivity contribution is 0.432. The van der Waals surface area contributed by atoms with Gasteiger partial charge in [0.1, 0.15) is 0 Å². The van der Waals surface area contributed by atoms with Crippen molar-refractivity contribution in [3.05, 3.63) is 27.9 Å². The van der Waals surface area contributed by atoms with Gasteiger partial charge in [0.05, 0.1) is 24.3 Å². The standard InChI is InChI=1S/C11H13FIN5/c1-8-10(7-16-18(8)4-2-3-12)17-11-14-5-9(13)6-15-11/h5-7H,2-4H2,1H3,(H,14,15,17). The average molecular weight is 361 g/mol. The van der Waals surface area contributed by atoms with Crippen molar-refractivity contribution in [1.29, 1.82) is 0 Å². The third-order valence-corrected chi connectivity index (χ3v) is 3.03. The maximum atomic E-state index is 12.1. The van der Waals surface area contributed by atoms with E-state index in [1.807, 2.05) is 6.92 Å². The average Bonchev–Trinajstić information content (AvgIpc) is 2.71. The lowest BCUT2D eigenvalue weighted by Gasteiger charge is -2.05. The third-order valence-electron chi connectivity index (χ3n) is 2.47. The number of rotatable bonds is 5. The predicted octanol–water partition coefficient (Wildman–Crippen LogP) is 2.69. The third kappa shape index (κ3) is 3.15. The minimum absolute atomic E-state index is 0.331. The molecule has 0 aromatic carbocycles. The van der Waals surface area contributed by atoms with E-state index in [2.05, 4.69) is 43.0 Å². The van der Waals surface area contributed by atoms with Crippen LogP contribution in [-0.2, 0) is 6.54 Å². The molecule has 0 aliphatic carbocycles. The molecule has 2 aromatic heterocycles. The van der Waals surface area contributed by atoms with Crippen LogP contribution >= 0.6 is 22.6 Å². The Morgan fingerprint density at radius 1 is 1.33 bits per heavy atom. The molecule has 7 heteroatoms. The number of nitrogens with zero attached hydrogens (tertiary/aromatic N) is 4. The first-order valence-corrected chi connectivity index (χ1v) is 6.61. The quantitative estimate of drug-likeness (QED) is 0.833. The van der Waals surface area contributed by atoms with Gasteiger partial charge in [0.15, 0.2) is 0 Å². The molecule has 0 aliphatic heterocycles. The molecule has 0 spiro atoms. The van der Waals surface area contributed by atoms with Crippen molar-refractivity contribution < 1.29 is 4.39 Å². The van der Waals surface area contributed by atoms with Crippen molar-refractivity contribution in [2.75, 3.05) is 12.0 Å². The lowest BCUT2D eigenvalue weighted by atomic mass is 10.4. The fraction of sp³-hybridized carbons (Fsp3) is 0.364. The number of halogens is 2. The fourth-order valence-electron chi connectivity index (χ4n) is 1.50. The van der Waals surface area contributed by atoms with E-state index >= 15 is 0 Å². The zero-order chi connectivity index (χ0) is 13.0. The normalized spacial score (nSPS) is 10.6. The molecule has 0 radical (unpaired) electrons. The van der Waals surface area contributed by atoms with Crippen LogP contribution in [0.2, 0.25) is 0 Å². The van der Waals surface area contributed by atoms with E-state index in [-0.39, 0.29) is 6.67 Å². The molecule has 0 unspecified atom stereocenters. The van der Waals surface area contributed by atoms with Gasteiger partial charge in [-0.25, -0.2) is 9.97 Å². The predicted molar refractivity (Wildman–Crippen MR) is 75.6 cm³/mol. The summed E-state index contributed by atoms with van der Waals surface area (Å²) < 4.78 is 14.9. The summed E-state index contributed by atoms with van der Waals surface area (Å²) in [6, 6.07) is 0. The Kier molecular flexibility index (Phi) is 4.45. The summed E-state index contributed by atoms with van der Waals surface area (Å²) in [7, 11) is 0. The van der Waals surface area contributed by atoms with Crippen molar-refractivity contribution >= 4 is 34.2 Å². The van der Waals surface area contributed by atoms with Crippen LogP contribution in [0.15, 0.2) is 18.6 Å². The topological polar surface area (TPSA) is 55.6 Å². The van der Waals surface area contributed by atoms with Crippen LogP contribution in [0.25, 0.3) is 0 Å². The second-order valence-corrected chi connectivity index (χ2v) is 5.00. The van der Waals surface area contributed by atoms with Crippen molar-refractivity contribution in [3.8, 4) is 0 Å². The Morgan fingerprint density at radius 3 is 2.72 bits per heavy atom. The van der Waals surface area contributed by atoms with E-state index in [0.717, 1.165) is 15.0 Å². The minimum atomic E-state index is -0.331. The highest BCUT2D eigenvalue weighted by Gasteiger charge is 2.07. The Labute approximate surface area is 118 Å². The van der Waals surface area contributed by atoms with Gasteiger partial charge in [0.25, 0.3) is 0 Å². The van der Waals surface area contributed by atoms with E-state index in [1.165, 1.54) is 0 Å². The zero-order valence-electron chi connectivity index (χ0n) is 9.90. The van der Waals surface area contributed by atoms with Crippen molar-refractivity contribution in [2.45, 2.75) is 19.9 Å². The highest BCUT2D eigenvalue weighted by Crippen LogP contribution is 2.17. The molecule has 0 aliphatic rings. The number of hydrogen-bond acceptors (Lipinski definition) is 4. The van der Waals surface area contributed by atoms with Gasteiger partial charge in [0, 0.05) is 22.5 Å². The summed E-state index contributed by atoms with van der Waals surface area (Å²) in [4.78, 5) is 8.32. The summed E-state index contributed by atoms with van der Waals surface area (Å²) in [5.41, 5.74) is 1.79. The van der Waals surface area contributed by atoms with Crippen LogP contribution < -0.4 is 5.32 Å². The van der Waals surface area contributed by atoms with E-state index in [9.17, 15) is 4.39 Å². The summed E-state index contributed by atoms with van der Waals surface area (Å²) in [6.45, 7) is 2.18. The molecule has 0 bridgehead atoms. The monoisotopic (exact) mass is 361 g/mol. The number of aryl methyl sites for hydroxylation is 1. The van der Waals surface area contributed by atoms with Gasteiger partial charge in [-0.3, -0.25) is 9.07 Å². The molecular weight excluding hydrogens is 348 g/mol. The molecule has 2 heterocycles. The summed E-state index contributed by atoms with van der Waals surface area (Å²) in [5.74, 6) is 0.531. The van der Waals surface area contributed by atoms with Crippen LogP contribution in [0.5, 0.6) is 0 Å². The Bertz CT molecular complexity index is 511. The fourth-order valence-corrected chi connectivity index (χ4v) is 1.78. The number of alkyl halides is 1. The smallest absolute Gasteiger partial charge is 0.227 e. The van der Waals surface area contributed by atoms with Gasteiger partial charge >= 0.3 is 0 Å². The molecule has 2 aromatic rings. The van der Waals surface area contributed by atoms with E-state index in [1.54, 1.807) is 23.3 Å². The number of anilines is 2. The Morgan fingerprint density at radius 2 is 2.06 bits per heavy atom. The van der Waals surface area contributed by atoms with Crippen molar-refractivity contribution in [3.63, 3.8) is 0 Å². The number of nitrogens with one attached hydrogen (secondary N) is 1. The molecule has 2 rings (SSSR count). The maximum Gasteiger partial charge on any atom is 0.227 e. The van der Waals surface area contributed by atoms with Crippen LogP contribution in [0, 0.1) is 10.5 Å². The second kappa shape index (κ2) is 6.07. The highest BCUT2D eigenvalue weighted by molar-refractivity contribution is 14.1.